The summed E-state index contributed by atoms with van der Waals surface area (Å²) < 4.78 is 5.78. The van der Waals surface area contributed by atoms with Crippen molar-refractivity contribution in [2.45, 2.75) is 70.8 Å². The number of ketones is 2. The number of hydrogen-bond donors (Lipinski definition) is 3. The van der Waals surface area contributed by atoms with Gasteiger partial charge in [0.1, 0.15) is 5.75 Å². The average molecular weight is 427 g/mol. The molecule has 3 rings (SSSR count). The van der Waals surface area contributed by atoms with Gasteiger partial charge in [0.15, 0.2) is 17.6 Å². The van der Waals surface area contributed by atoms with Crippen LogP contribution in [0, 0.1) is 0 Å². The third kappa shape index (κ3) is 5.19. The van der Waals surface area contributed by atoms with Crippen LogP contribution in [0.3, 0.4) is 0 Å². The van der Waals surface area contributed by atoms with Crippen LogP contribution in [0.25, 0.3) is 0 Å². The van der Waals surface area contributed by atoms with Crippen molar-refractivity contribution in [3.05, 3.63) is 47.0 Å². The van der Waals surface area contributed by atoms with Gasteiger partial charge in [-0.1, -0.05) is 57.9 Å². The molecule has 1 heterocycles. The molecule has 3 N–H and O–H groups in total. The van der Waals surface area contributed by atoms with Gasteiger partial charge in [-0.3, -0.25) is 9.59 Å². The van der Waals surface area contributed by atoms with Crippen LogP contribution >= 0.6 is 0 Å². The molecule has 2 aromatic rings. The quantitative estimate of drug-likeness (QED) is 0.268. The zero-order valence-corrected chi connectivity index (χ0v) is 17.9. The Hall–Kier alpha value is -3.02. The van der Waals surface area contributed by atoms with Gasteiger partial charge in [0.25, 0.3) is 0 Å². The first-order chi connectivity index (χ1) is 14.9. The summed E-state index contributed by atoms with van der Waals surface area (Å²) in [6.45, 7) is 2.21. The normalized spacial score (nSPS) is 15.6. The van der Waals surface area contributed by atoms with Gasteiger partial charge in [-0.25, -0.2) is 0 Å². The number of carbonyl (C=O) groups excluding carboxylic acids is 2. The third-order valence-corrected chi connectivity index (χ3v) is 5.76. The molecule has 0 saturated carbocycles. The lowest BCUT2D eigenvalue weighted by Crippen LogP contribution is -2.31. The van der Waals surface area contributed by atoms with Crippen molar-refractivity contribution in [3.8, 4) is 23.0 Å². The Bertz CT molecular complexity index is 949. The molecule has 0 saturated heterocycles. The van der Waals surface area contributed by atoms with Crippen molar-refractivity contribution in [3.63, 3.8) is 0 Å². The standard InChI is InChI=1S/C25H30O6/c1-2-3-4-5-6-7-8-9-10-16-11-12-17-20(15-16)31-25(24(30)21(17)27)18-13-14-19(26)23(29)22(18)28/h11-15,25-26,28-29H,2-10H2,1H3. The number of benzene rings is 2. The van der Waals surface area contributed by atoms with Gasteiger partial charge in [-0.05, 0) is 42.7 Å². The minimum absolute atomic E-state index is 0.0622. The van der Waals surface area contributed by atoms with E-state index >= 15 is 0 Å². The lowest BCUT2D eigenvalue weighted by atomic mass is 9.92. The highest BCUT2D eigenvalue weighted by Gasteiger charge is 2.38. The molecule has 0 aromatic heterocycles. The van der Waals surface area contributed by atoms with Crippen molar-refractivity contribution in [2.24, 2.45) is 0 Å². The van der Waals surface area contributed by atoms with Gasteiger partial charge in [0, 0.05) is 5.56 Å². The molecule has 1 atom stereocenters. The maximum atomic E-state index is 12.6. The lowest BCUT2D eigenvalue weighted by Gasteiger charge is -2.25. The second-order valence-corrected chi connectivity index (χ2v) is 8.12. The zero-order valence-electron chi connectivity index (χ0n) is 17.9. The summed E-state index contributed by atoms with van der Waals surface area (Å²) in [5, 5.41) is 29.4. The van der Waals surface area contributed by atoms with Crippen LogP contribution in [0.5, 0.6) is 23.0 Å². The van der Waals surface area contributed by atoms with E-state index in [4.69, 9.17) is 4.74 Å². The Morgan fingerprint density at radius 3 is 2.23 bits per heavy atom. The van der Waals surface area contributed by atoms with Crippen molar-refractivity contribution in [1.82, 2.24) is 0 Å². The van der Waals surface area contributed by atoms with E-state index in [0.29, 0.717) is 5.75 Å². The molecule has 1 unspecified atom stereocenters. The number of hydrogen-bond acceptors (Lipinski definition) is 6. The van der Waals surface area contributed by atoms with Crippen molar-refractivity contribution in [1.29, 1.82) is 0 Å². The predicted molar refractivity (Wildman–Crippen MR) is 117 cm³/mol. The second-order valence-electron chi connectivity index (χ2n) is 8.12. The summed E-state index contributed by atoms with van der Waals surface area (Å²) in [5.74, 6) is -3.19. The van der Waals surface area contributed by atoms with Gasteiger partial charge in [-0.15, -0.1) is 0 Å². The molecule has 1 aliphatic rings. The lowest BCUT2D eigenvalue weighted by molar-refractivity contribution is -0.122. The van der Waals surface area contributed by atoms with Crippen LogP contribution in [-0.2, 0) is 11.2 Å². The van der Waals surface area contributed by atoms with E-state index in [1.165, 1.54) is 44.6 Å². The number of aryl methyl sites for hydroxylation is 1. The molecular weight excluding hydrogens is 396 g/mol. The topological polar surface area (TPSA) is 104 Å². The summed E-state index contributed by atoms with van der Waals surface area (Å²) >= 11 is 0. The number of Topliss-reactive ketones (excluding diaryl/α,β-unsaturated/α-hetero) is 2. The fourth-order valence-corrected chi connectivity index (χ4v) is 3.90. The van der Waals surface area contributed by atoms with E-state index in [1.54, 1.807) is 12.1 Å². The van der Waals surface area contributed by atoms with Gasteiger partial charge in [0.2, 0.25) is 17.3 Å². The van der Waals surface area contributed by atoms with Crippen LogP contribution in [-0.4, -0.2) is 26.9 Å². The molecule has 0 aliphatic carbocycles. The predicted octanol–water partition coefficient (Wildman–Crippen LogP) is 5.37. The molecule has 0 bridgehead atoms. The third-order valence-electron chi connectivity index (χ3n) is 5.76. The van der Waals surface area contributed by atoms with Gasteiger partial charge in [-0.2, -0.15) is 0 Å². The number of ether oxygens (including phenoxy) is 1. The van der Waals surface area contributed by atoms with E-state index in [0.717, 1.165) is 30.9 Å². The molecule has 31 heavy (non-hydrogen) atoms. The first-order valence-corrected chi connectivity index (χ1v) is 11.1. The smallest absolute Gasteiger partial charge is 0.248 e. The highest BCUT2D eigenvalue weighted by Crippen LogP contribution is 2.43. The molecule has 1 aliphatic heterocycles. The number of aromatic hydroxyl groups is 3. The second kappa shape index (κ2) is 10.3. The fourth-order valence-electron chi connectivity index (χ4n) is 3.90. The molecular formula is C25H30O6. The Morgan fingerprint density at radius 2 is 1.52 bits per heavy atom. The molecule has 6 nitrogen and oxygen atoms in total. The first-order valence-electron chi connectivity index (χ1n) is 11.1. The Balaban J connectivity index is 1.66. The molecule has 0 fully saturated rings. The number of fused-ring (bicyclic) bond motifs is 1. The maximum absolute atomic E-state index is 12.6. The molecule has 0 radical (unpaired) electrons. The number of phenols is 3. The van der Waals surface area contributed by atoms with Crippen LogP contribution in [0.1, 0.15) is 85.9 Å². The highest BCUT2D eigenvalue weighted by molar-refractivity contribution is 6.46. The van der Waals surface area contributed by atoms with E-state index in [9.17, 15) is 24.9 Å². The fraction of sp³-hybridized carbons (Fsp3) is 0.440. The van der Waals surface area contributed by atoms with E-state index < -0.39 is 34.9 Å². The Kier molecular flexibility index (Phi) is 7.55. The molecule has 2 aromatic carbocycles. The summed E-state index contributed by atoms with van der Waals surface area (Å²) in [6, 6.07) is 7.62. The molecule has 0 spiro atoms. The van der Waals surface area contributed by atoms with Crippen LogP contribution in [0.4, 0.5) is 0 Å². The highest BCUT2D eigenvalue weighted by atomic mass is 16.5. The molecule has 6 heteroatoms. The largest absolute Gasteiger partial charge is 0.504 e. The minimum Gasteiger partial charge on any atom is -0.504 e. The maximum Gasteiger partial charge on any atom is 0.248 e. The van der Waals surface area contributed by atoms with Gasteiger partial charge in [0.05, 0.1) is 5.56 Å². The summed E-state index contributed by atoms with van der Waals surface area (Å²) in [4.78, 5) is 25.1. The van der Waals surface area contributed by atoms with Crippen LogP contribution < -0.4 is 4.74 Å². The van der Waals surface area contributed by atoms with Crippen LogP contribution in [0.15, 0.2) is 30.3 Å². The number of rotatable bonds is 10. The van der Waals surface area contributed by atoms with E-state index in [-0.39, 0.29) is 11.1 Å². The van der Waals surface area contributed by atoms with Gasteiger partial charge >= 0.3 is 0 Å². The Labute approximate surface area is 182 Å². The summed E-state index contributed by atoms with van der Waals surface area (Å²) in [5.41, 5.74) is 1.15. The van der Waals surface area contributed by atoms with Crippen molar-refractivity contribution in [2.75, 3.05) is 0 Å². The molecule has 166 valence electrons. The summed E-state index contributed by atoms with van der Waals surface area (Å²) in [6.07, 6.45) is 9.28. The van der Waals surface area contributed by atoms with E-state index in [1.807, 2.05) is 6.07 Å². The molecule has 0 amide bonds. The monoisotopic (exact) mass is 426 g/mol. The Morgan fingerprint density at radius 1 is 0.839 bits per heavy atom. The number of unbranched alkanes of at least 4 members (excludes halogenated alkanes) is 7. The average Bonchev–Trinajstić information content (AvgIpc) is 2.77. The summed E-state index contributed by atoms with van der Waals surface area (Å²) in [7, 11) is 0. The van der Waals surface area contributed by atoms with Gasteiger partial charge < -0.3 is 20.1 Å². The van der Waals surface area contributed by atoms with Crippen molar-refractivity contribution >= 4 is 11.6 Å². The number of carbonyl (C=O) groups is 2. The van der Waals surface area contributed by atoms with Crippen molar-refractivity contribution < 1.29 is 29.6 Å². The zero-order chi connectivity index (χ0) is 22.4. The first kappa shape index (κ1) is 22.7. The minimum atomic E-state index is -1.37. The SMILES string of the molecule is CCCCCCCCCCc1ccc2c(c1)OC(c1ccc(O)c(O)c1O)C(=O)C2=O. The van der Waals surface area contributed by atoms with E-state index in [2.05, 4.69) is 6.92 Å². The van der Waals surface area contributed by atoms with Crippen LogP contribution in [0.2, 0.25) is 0 Å². The number of phenolic OH excluding ortho intramolecular Hbond substituents is 3.